The fourth-order valence-corrected chi connectivity index (χ4v) is 2.90. The molecule has 5 nitrogen and oxygen atoms in total. The molecule has 0 amide bonds. The first kappa shape index (κ1) is 26.4. The van der Waals surface area contributed by atoms with Crippen molar-refractivity contribution in [3.63, 3.8) is 0 Å². The minimum atomic E-state index is -1.87. The number of aliphatic hydroxyl groups is 1. The van der Waals surface area contributed by atoms with Gasteiger partial charge in [-0.1, -0.05) is 78.4 Å². The average molecular weight is 397 g/mol. The minimum absolute atomic E-state index is 0.200. The molecule has 0 aromatic heterocycles. The van der Waals surface area contributed by atoms with Gasteiger partial charge in [-0.25, -0.2) is 9.59 Å². The Bertz CT molecular complexity index is 497. The molecule has 0 saturated heterocycles. The highest BCUT2D eigenvalue weighted by atomic mass is 16.7. The van der Waals surface area contributed by atoms with E-state index >= 15 is 0 Å². The number of hydrogen-bond donors (Lipinski definition) is 1. The second-order valence-corrected chi connectivity index (χ2v) is 8.06. The molecule has 162 valence electrons. The molecular weight excluding hydrogens is 356 g/mol. The molecule has 0 spiro atoms. The Hall–Kier alpha value is -1.62. The lowest BCUT2D eigenvalue weighted by Crippen LogP contribution is -2.47. The van der Waals surface area contributed by atoms with E-state index in [-0.39, 0.29) is 12.0 Å². The number of rotatable bonds is 16. The zero-order valence-corrected chi connectivity index (χ0v) is 18.3. The SMILES string of the molecule is C=CC(=O)OC(O)(CCCCCCCCCCC(C)C)C(C)OC(=O)C(=C)C. The lowest BCUT2D eigenvalue weighted by Gasteiger charge is -2.32. The van der Waals surface area contributed by atoms with Gasteiger partial charge >= 0.3 is 11.9 Å². The predicted octanol–water partition coefficient (Wildman–Crippen LogP) is 5.47. The van der Waals surface area contributed by atoms with Crippen molar-refractivity contribution >= 4 is 11.9 Å². The van der Waals surface area contributed by atoms with E-state index in [1.807, 2.05) is 0 Å². The highest BCUT2D eigenvalue weighted by Gasteiger charge is 2.40. The maximum atomic E-state index is 11.7. The van der Waals surface area contributed by atoms with Crippen LogP contribution in [0.2, 0.25) is 0 Å². The molecule has 0 bridgehead atoms. The van der Waals surface area contributed by atoms with Crippen LogP contribution in [0.3, 0.4) is 0 Å². The van der Waals surface area contributed by atoms with Gasteiger partial charge in [0.05, 0.1) is 0 Å². The Morgan fingerprint density at radius 2 is 1.50 bits per heavy atom. The first-order valence-corrected chi connectivity index (χ1v) is 10.6. The third-order valence-corrected chi connectivity index (χ3v) is 4.78. The monoisotopic (exact) mass is 396 g/mol. The van der Waals surface area contributed by atoms with Crippen molar-refractivity contribution < 1.29 is 24.2 Å². The summed E-state index contributed by atoms with van der Waals surface area (Å²) in [5.74, 6) is -2.46. The molecule has 0 heterocycles. The summed E-state index contributed by atoms with van der Waals surface area (Å²) in [5, 5.41) is 10.8. The third-order valence-electron chi connectivity index (χ3n) is 4.78. The lowest BCUT2D eigenvalue weighted by atomic mass is 10.00. The summed E-state index contributed by atoms with van der Waals surface area (Å²) < 4.78 is 10.3. The van der Waals surface area contributed by atoms with E-state index in [4.69, 9.17) is 9.47 Å². The summed E-state index contributed by atoms with van der Waals surface area (Å²) in [6.45, 7) is 14.4. The van der Waals surface area contributed by atoms with Crippen molar-refractivity contribution in [1.29, 1.82) is 0 Å². The number of unbranched alkanes of at least 4 members (excludes halogenated alkanes) is 7. The van der Waals surface area contributed by atoms with Crippen molar-refractivity contribution in [3.05, 3.63) is 24.8 Å². The topological polar surface area (TPSA) is 72.8 Å². The summed E-state index contributed by atoms with van der Waals surface area (Å²) in [7, 11) is 0. The highest BCUT2D eigenvalue weighted by Crippen LogP contribution is 2.25. The van der Waals surface area contributed by atoms with Crippen molar-refractivity contribution in [2.24, 2.45) is 5.92 Å². The maximum Gasteiger partial charge on any atom is 0.333 e. The molecule has 0 aliphatic rings. The number of hydrogen-bond acceptors (Lipinski definition) is 5. The summed E-state index contributed by atoms with van der Waals surface area (Å²) in [5.41, 5.74) is 0.220. The molecule has 28 heavy (non-hydrogen) atoms. The molecule has 0 radical (unpaired) electrons. The smallest absolute Gasteiger partial charge is 0.333 e. The quantitative estimate of drug-likeness (QED) is 0.162. The molecular formula is C23H40O5. The summed E-state index contributed by atoms with van der Waals surface area (Å²) in [4.78, 5) is 23.3. The van der Waals surface area contributed by atoms with E-state index in [1.165, 1.54) is 46.0 Å². The van der Waals surface area contributed by atoms with E-state index in [0.717, 1.165) is 31.3 Å². The van der Waals surface area contributed by atoms with Crippen LogP contribution in [-0.2, 0) is 19.1 Å². The lowest BCUT2D eigenvalue weighted by molar-refractivity contribution is -0.249. The molecule has 0 aliphatic heterocycles. The molecule has 2 atom stereocenters. The van der Waals surface area contributed by atoms with E-state index in [9.17, 15) is 14.7 Å². The predicted molar refractivity (Wildman–Crippen MR) is 113 cm³/mol. The molecule has 1 N–H and O–H groups in total. The Morgan fingerprint density at radius 3 is 1.96 bits per heavy atom. The molecule has 0 aliphatic carbocycles. The van der Waals surface area contributed by atoms with Gasteiger partial charge in [0.2, 0.25) is 5.79 Å². The van der Waals surface area contributed by atoms with Gasteiger partial charge in [0, 0.05) is 18.1 Å². The number of esters is 2. The van der Waals surface area contributed by atoms with Gasteiger partial charge in [-0.3, -0.25) is 0 Å². The number of carbonyl (C=O) groups excluding carboxylic acids is 2. The van der Waals surface area contributed by atoms with Crippen LogP contribution in [-0.4, -0.2) is 28.9 Å². The van der Waals surface area contributed by atoms with Gasteiger partial charge in [0.25, 0.3) is 0 Å². The molecule has 5 heteroatoms. The maximum absolute atomic E-state index is 11.7. The first-order chi connectivity index (χ1) is 13.1. The van der Waals surface area contributed by atoms with Crippen molar-refractivity contribution in [2.75, 3.05) is 0 Å². The van der Waals surface area contributed by atoms with Gasteiger partial charge in [-0.05, 0) is 26.2 Å². The normalized spacial score (nSPS) is 14.2. The van der Waals surface area contributed by atoms with Crippen LogP contribution in [0.1, 0.15) is 91.9 Å². The Kier molecular flexibility index (Phi) is 13.6. The van der Waals surface area contributed by atoms with Crippen molar-refractivity contribution in [3.8, 4) is 0 Å². The van der Waals surface area contributed by atoms with Crippen LogP contribution in [0.4, 0.5) is 0 Å². The standard InChI is InChI=1S/C23H40O5/c1-7-21(24)28-23(26,20(6)27-22(25)19(4)5)17-15-13-11-9-8-10-12-14-16-18(2)3/h7,18,20,26H,1,4,8-17H2,2-3,5-6H3. The van der Waals surface area contributed by atoms with E-state index in [1.54, 1.807) is 0 Å². The third kappa shape index (κ3) is 12.0. The largest absolute Gasteiger partial charge is 0.452 e. The van der Waals surface area contributed by atoms with Crippen LogP contribution in [0.25, 0.3) is 0 Å². The van der Waals surface area contributed by atoms with Crippen molar-refractivity contribution in [1.82, 2.24) is 0 Å². The Morgan fingerprint density at radius 1 is 1.00 bits per heavy atom. The molecule has 0 rings (SSSR count). The highest BCUT2D eigenvalue weighted by molar-refractivity contribution is 5.87. The van der Waals surface area contributed by atoms with Crippen molar-refractivity contribution in [2.45, 2.75) is 104 Å². The molecule has 0 aromatic carbocycles. The average Bonchev–Trinajstić information content (AvgIpc) is 2.62. The first-order valence-electron chi connectivity index (χ1n) is 10.6. The van der Waals surface area contributed by atoms with Gasteiger partial charge in [0.1, 0.15) is 0 Å². The number of ether oxygens (including phenoxy) is 2. The molecule has 0 aromatic rings. The van der Waals surface area contributed by atoms with E-state index < -0.39 is 23.8 Å². The molecule has 0 saturated carbocycles. The van der Waals surface area contributed by atoms with Crippen LogP contribution < -0.4 is 0 Å². The van der Waals surface area contributed by atoms with Gasteiger partial charge in [-0.15, -0.1) is 0 Å². The fraction of sp³-hybridized carbons (Fsp3) is 0.739. The second-order valence-electron chi connectivity index (χ2n) is 8.06. The minimum Gasteiger partial charge on any atom is -0.452 e. The summed E-state index contributed by atoms with van der Waals surface area (Å²) >= 11 is 0. The zero-order chi connectivity index (χ0) is 21.6. The van der Waals surface area contributed by atoms with Crippen LogP contribution >= 0.6 is 0 Å². The van der Waals surface area contributed by atoms with Gasteiger partial charge < -0.3 is 14.6 Å². The Balaban J connectivity index is 4.28. The van der Waals surface area contributed by atoms with Crippen LogP contribution in [0, 0.1) is 5.92 Å². The van der Waals surface area contributed by atoms with Crippen LogP contribution in [0.5, 0.6) is 0 Å². The zero-order valence-electron chi connectivity index (χ0n) is 18.3. The van der Waals surface area contributed by atoms with Crippen LogP contribution in [0.15, 0.2) is 24.8 Å². The van der Waals surface area contributed by atoms with E-state index in [2.05, 4.69) is 27.0 Å². The van der Waals surface area contributed by atoms with E-state index in [0.29, 0.717) is 6.42 Å². The van der Waals surface area contributed by atoms with Gasteiger partial charge in [0.15, 0.2) is 6.10 Å². The summed E-state index contributed by atoms with van der Waals surface area (Å²) in [6, 6.07) is 0. The second kappa shape index (κ2) is 14.4. The molecule has 2 unspecified atom stereocenters. The molecule has 0 fully saturated rings. The fourth-order valence-electron chi connectivity index (χ4n) is 2.90. The Labute approximate surface area is 171 Å². The van der Waals surface area contributed by atoms with Gasteiger partial charge in [-0.2, -0.15) is 0 Å². The number of carbonyl (C=O) groups is 2. The summed E-state index contributed by atoms with van der Waals surface area (Å²) in [6.07, 6.45) is 10.4.